The molecule has 0 spiro atoms. The molecule has 1 aromatic carbocycles. The van der Waals surface area contributed by atoms with E-state index in [1.54, 1.807) is 38.4 Å². The summed E-state index contributed by atoms with van der Waals surface area (Å²) in [5.74, 6) is 0.824. The lowest BCUT2D eigenvalue weighted by Crippen LogP contribution is -2.04. The first kappa shape index (κ1) is 21.9. The molecule has 4 nitrogen and oxygen atoms in total. The van der Waals surface area contributed by atoms with Crippen LogP contribution < -0.4 is 0 Å². The topological polar surface area (TPSA) is 56.3 Å². The molecule has 1 aromatic heterocycles. The lowest BCUT2D eigenvalue weighted by atomic mass is 9.96. The number of carbonyl (C=O) groups excluding carboxylic acids is 2. The molecule has 1 heterocycles. The second-order valence-electron chi connectivity index (χ2n) is 6.31. The van der Waals surface area contributed by atoms with Gasteiger partial charge >= 0.3 is 5.97 Å². The van der Waals surface area contributed by atoms with E-state index in [-0.39, 0.29) is 11.1 Å². The zero-order chi connectivity index (χ0) is 20.2. The third kappa shape index (κ3) is 8.09. The normalized spacial score (nSPS) is 12.1. The van der Waals surface area contributed by atoms with Gasteiger partial charge in [0.25, 0.3) is 0 Å². The Morgan fingerprint density at radius 2 is 1.82 bits per heavy atom. The standard InChI is InChI=1S/C23H26NO3S/c1-3-27-23(26)22-10-8-19(9-11-22)4-5-20(14-17-28-18(2)25)6-7-21-12-15-24-16-13-21/h4-5,7-13,15-16,20H,3,6,14,17H2,1-2H3. The van der Waals surface area contributed by atoms with Crippen LogP contribution in [-0.2, 0) is 9.53 Å². The highest BCUT2D eigenvalue weighted by molar-refractivity contribution is 8.13. The van der Waals surface area contributed by atoms with Gasteiger partial charge in [0.2, 0.25) is 0 Å². The summed E-state index contributed by atoms with van der Waals surface area (Å²) in [6.07, 6.45) is 11.8. The molecular weight excluding hydrogens is 370 g/mol. The van der Waals surface area contributed by atoms with Crippen molar-refractivity contribution in [3.05, 3.63) is 78.0 Å². The summed E-state index contributed by atoms with van der Waals surface area (Å²) in [7, 11) is 0. The monoisotopic (exact) mass is 396 g/mol. The van der Waals surface area contributed by atoms with Crippen molar-refractivity contribution in [2.24, 2.45) is 5.92 Å². The van der Waals surface area contributed by atoms with Gasteiger partial charge in [-0.3, -0.25) is 9.78 Å². The molecule has 0 fully saturated rings. The van der Waals surface area contributed by atoms with Crippen LogP contribution in [0.5, 0.6) is 0 Å². The molecule has 0 N–H and O–H groups in total. The average molecular weight is 397 g/mol. The molecule has 0 aliphatic carbocycles. The quantitative estimate of drug-likeness (QED) is 0.517. The summed E-state index contributed by atoms with van der Waals surface area (Å²) in [6, 6.07) is 11.4. The minimum absolute atomic E-state index is 0.149. The Morgan fingerprint density at radius 1 is 1.11 bits per heavy atom. The van der Waals surface area contributed by atoms with Crippen molar-refractivity contribution >= 4 is 28.9 Å². The maximum atomic E-state index is 11.7. The highest BCUT2D eigenvalue weighted by Gasteiger charge is 2.08. The molecular formula is C23H26NO3S. The van der Waals surface area contributed by atoms with Crippen LogP contribution in [0.1, 0.15) is 48.2 Å². The SMILES string of the molecule is CCOC(=O)c1ccc(C=CC(C[CH]c2ccncc2)CCSC(C)=O)cc1. The Labute approximate surface area is 171 Å². The van der Waals surface area contributed by atoms with Crippen LogP contribution in [0.15, 0.2) is 54.9 Å². The first-order valence-electron chi connectivity index (χ1n) is 9.40. The number of hydrogen-bond acceptors (Lipinski definition) is 5. The van der Waals surface area contributed by atoms with Gasteiger partial charge in [-0.2, -0.15) is 0 Å². The number of pyridine rings is 1. The van der Waals surface area contributed by atoms with E-state index in [0.717, 1.165) is 29.7 Å². The summed E-state index contributed by atoms with van der Waals surface area (Å²) >= 11 is 1.36. The van der Waals surface area contributed by atoms with Gasteiger partial charge in [0, 0.05) is 25.1 Å². The van der Waals surface area contributed by atoms with Crippen molar-refractivity contribution < 1.29 is 14.3 Å². The molecule has 0 bridgehead atoms. The predicted molar refractivity (Wildman–Crippen MR) is 115 cm³/mol. The first-order chi connectivity index (χ1) is 13.6. The molecule has 0 saturated heterocycles. The van der Waals surface area contributed by atoms with Crippen LogP contribution in [0, 0.1) is 12.3 Å². The van der Waals surface area contributed by atoms with Gasteiger partial charge in [-0.25, -0.2) is 4.79 Å². The number of aromatic nitrogens is 1. The summed E-state index contributed by atoms with van der Waals surface area (Å²) in [5.41, 5.74) is 2.73. The molecule has 0 amide bonds. The molecule has 1 unspecified atom stereocenters. The molecule has 0 aliphatic heterocycles. The smallest absolute Gasteiger partial charge is 0.338 e. The summed E-state index contributed by atoms with van der Waals surface area (Å²) in [4.78, 5) is 27.0. The summed E-state index contributed by atoms with van der Waals surface area (Å²) < 4.78 is 5.01. The molecule has 2 aromatic rings. The number of ether oxygens (including phenoxy) is 1. The van der Waals surface area contributed by atoms with Gasteiger partial charge in [0.1, 0.15) is 0 Å². The molecule has 0 saturated carbocycles. The fourth-order valence-electron chi connectivity index (χ4n) is 2.63. The Morgan fingerprint density at radius 3 is 2.46 bits per heavy atom. The number of carbonyl (C=O) groups is 2. The van der Waals surface area contributed by atoms with Gasteiger partial charge in [-0.05, 0) is 67.5 Å². The van der Waals surface area contributed by atoms with E-state index >= 15 is 0 Å². The number of benzene rings is 1. The Balaban J connectivity index is 1.98. The van der Waals surface area contributed by atoms with Gasteiger partial charge < -0.3 is 4.74 Å². The van der Waals surface area contributed by atoms with Crippen LogP contribution >= 0.6 is 11.8 Å². The molecule has 0 aliphatic rings. The van der Waals surface area contributed by atoms with E-state index in [1.165, 1.54) is 11.8 Å². The maximum Gasteiger partial charge on any atom is 0.338 e. The Kier molecular flexibility index (Phi) is 9.49. The van der Waals surface area contributed by atoms with E-state index < -0.39 is 0 Å². The Hall–Kier alpha value is -2.40. The van der Waals surface area contributed by atoms with Crippen molar-refractivity contribution in [3.63, 3.8) is 0 Å². The minimum Gasteiger partial charge on any atom is -0.462 e. The summed E-state index contributed by atoms with van der Waals surface area (Å²) in [5, 5.41) is 0.149. The maximum absolute atomic E-state index is 11.7. The summed E-state index contributed by atoms with van der Waals surface area (Å²) in [6.45, 7) is 3.76. The van der Waals surface area contributed by atoms with Crippen LogP contribution in [0.3, 0.4) is 0 Å². The van der Waals surface area contributed by atoms with E-state index in [9.17, 15) is 9.59 Å². The number of nitrogens with zero attached hydrogens (tertiary/aromatic N) is 1. The molecule has 28 heavy (non-hydrogen) atoms. The highest BCUT2D eigenvalue weighted by atomic mass is 32.2. The average Bonchev–Trinajstić information content (AvgIpc) is 2.70. The van der Waals surface area contributed by atoms with E-state index in [0.29, 0.717) is 18.1 Å². The fraction of sp³-hybridized carbons (Fsp3) is 0.304. The molecule has 2 rings (SSSR count). The van der Waals surface area contributed by atoms with E-state index in [4.69, 9.17) is 4.74 Å². The first-order valence-corrected chi connectivity index (χ1v) is 10.4. The number of allylic oxidation sites excluding steroid dienone is 1. The van der Waals surface area contributed by atoms with Crippen LogP contribution in [-0.4, -0.2) is 28.4 Å². The largest absolute Gasteiger partial charge is 0.462 e. The van der Waals surface area contributed by atoms with Gasteiger partial charge in [-0.15, -0.1) is 0 Å². The van der Waals surface area contributed by atoms with Crippen molar-refractivity contribution in [3.8, 4) is 0 Å². The van der Waals surface area contributed by atoms with Crippen molar-refractivity contribution in [2.75, 3.05) is 12.4 Å². The van der Waals surface area contributed by atoms with Crippen molar-refractivity contribution in [1.82, 2.24) is 4.98 Å². The molecule has 5 heteroatoms. The Bertz CT molecular complexity index is 772. The third-order valence-electron chi connectivity index (χ3n) is 4.14. The number of rotatable bonds is 10. The molecule has 147 valence electrons. The van der Waals surface area contributed by atoms with Gasteiger partial charge in [-0.1, -0.05) is 36.0 Å². The second-order valence-corrected chi connectivity index (χ2v) is 7.58. The zero-order valence-corrected chi connectivity index (χ0v) is 17.2. The molecule has 1 atom stereocenters. The fourth-order valence-corrected chi connectivity index (χ4v) is 3.33. The van der Waals surface area contributed by atoms with E-state index in [2.05, 4.69) is 23.6 Å². The number of esters is 1. The van der Waals surface area contributed by atoms with Crippen molar-refractivity contribution in [1.29, 1.82) is 0 Å². The predicted octanol–water partition coefficient (Wildman–Crippen LogP) is 5.20. The zero-order valence-electron chi connectivity index (χ0n) is 16.3. The minimum atomic E-state index is -0.302. The number of thioether (sulfide) groups is 1. The highest BCUT2D eigenvalue weighted by Crippen LogP contribution is 2.21. The van der Waals surface area contributed by atoms with Crippen LogP contribution in [0.4, 0.5) is 0 Å². The van der Waals surface area contributed by atoms with Gasteiger partial charge in [0.15, 0.2) is 5.12 Å². The van der Waals surface area contributed by atoms with Gasteiger partial charge in [0.05, 0.1) is 12.2 Å². The molecule has 1 radical (unpaired) electrons. The van der Waals surface area contributed by atoms with Crippen LogP contribution in [0.25, 0.3) is 6.08 Å². The van der Waals surface area contributed by atoms with Crippen molar-refractivity contribution in [2.45, 2.75) is 26.7 Å². The number of hydrogen-bond donors (Lipinski definition) is 0. The third-order valence-corrected chi connectivity index (χ3v) is 4.99. The van der Waals surface area contributed by atoms with E-state index in [1.807, 2.05) is 24.3 Å². The van der Waals surface area contributed by atoms with Crippen LogP contribution in [0.2, 0.25) is 0 Å². The second kappa shape index (κ2) is 12.1. The lowest BCUT2D eigenvalue weighted by molar-refractivity contribution is -0.109. The lowest BCUT2D eigenvalue weighted by Gasteiger charge is -2.12.